The van der Waals surface area contributed by atoms with E-state index in [4.69, 9.17) is 0 Å². The monoisotopic (exact) mass is 397 g/mol. The summed E-state index contributed by atoms with van der Waals surface area (Å²) in [6.45, 7) is 3.46. The molecule has 4 nitrogen and oxygen atoms in total. The van der Waals surface area contributed by atoms with Gasteiger partial charge in [0.15, 0.2) is 0 Å². The summed E-state index contributed by atoms with van der Waals surface area (Å²) in [7, 11) is -3.52. The maximum atomic E-state index is 12.2. The minimum absolute atomic E-state index is 0.0805. The third-order valence-corrected chi connectivity index (χ3v) is 5.41. The minimum atomic E-state index is -3.52. The molecule has 23 heavy (non-hydrogen) atoms. The van der Waals surface area contributed by atoms with Crippen LogP contribution in [-0.2, 0) is 21.4 Å². The molecule has 0 saturated carbocycles. The summed E-state index contributed by atoms with van der Waals surface area (Å²) in [6, 6.07) is 14.5. The van der Waals surface area contributed by atoms with Crippen molar-refractivity contribution in [1.29, 1.82) is 0 Å². The standard InChI is InChI=1S/C17H20BrNO3S/c1-13-3-5-14(6-4-13)11-23(21,22)19-12-17(2,20)15-7-9-16(18)10-8-15/h3-10,19-20H,11-12H2,1-2H3. The summed E-state index contributed by atoms with van der Waals surface area (Å²) in [6.07, 6.45) is 0. The van der Waals surface area contributed by atoms with E-state index in [9.17, 15) is 13.5 Å². The second-order valence-corrected chi connectivity index (χ2v) is 8.57. The Labute approximate surface area is 145 Å². The summed E-state index contributed by atoms with van der Waals surface area (Å²) in [5.74, 6) is -0.107. The number of benzene rings is 2. The Kier molecular flexibility index (Phi) is 5.62. The average molecular weight is 398 g/mol. The van der Waals surface area contributed by atoms with Crippen molar-refractivity contribution in [2.24, 2.45) is 0 Å². The van der Waals surface area contributed by atoms with E-state index in [1.165, 1.54) is 0 Å². The van der Waals surface area contributed by atoms with E-state index < -0.39 is 15.6 Å². The zero-order valence-electron chi connectivity index (χ0n) is 13.1. The van der Waals surface area contributed by atoms with Gasteiger partial charge in [-0.15, -0.1) is 0 Å². The van der Waals surface area contributed by atoms with Crippen LogP contribution in [0, 0.1) is 6.92 Å². The molecule has 0 bridgehead atoms. The van der Waals surface area contributed by atoms with E-state index in [2.05, 4.69) is 20.7 Å². The Morgan fingerprint density at radius 3 is 2.22 bits per heavy atom. The molecule has 0 spiro atoms. The Hall–Kier alpha value is -1.21. The first-order valence-corrected chi connectivity index (χ1v) is 9.64. The summed E-state index contributed by atoms with van der Waals surface area (Å²) in [5.41, 5.74) is 1.17. The lowest BCUT2D eigenvalue weighted by Gasteiger charge is -2.24. The molecule has 0 radical (unpaired) electrons. The number of halogens is 1. The third kappa shape index (κ3) is 5.42. The number of aliphatic hydroxyl groups is 1. The van der Waals surface area contributed by atoms with Gasteiger partial charge in [0.1, 0.15) is 5.60 Å². The lowest BCUT2D eigenvalue weighted by molar-refractivity contribution is 0.0627. The molecule has 1 atom stereocenters. The van der Waals surface area contributed by atoms with Gasteiger partial charge in [0.25, 0.3) is 0 Å². The molecule has 0 amide bonds. The van der Waals surface area contributed by atoms with Crippen LogP contribution in [0.5, 0.6) is 0 Å². The van der Waals surface area contributed by atoms with Crippen molar-refractivity contribution in [3.63, 3.8) is 0 Å². The summed E-state index contributed by atoms with van der Waals surface area (Å²) in [5, 5.41) is 10.5. The van der Waals surface area contributed by atoms with Gasteiger partial charge in [0.05, 0.1) is 5.75 Å². The predicted molar refractivity (Wildman–Crippen MR) is 95.5 cm³/mol. The normalized spacial score (nSPS) is 14.4. The molecule has 0 saturated heterocycles. The first kappa shape index (κ1) is 18.1. The number of hydrogen-bond acceptors (Lipinski definition) is 3. The number of hydrogen-bond donors (Lipinski definition) is 2. The molecule has 2 aromatic carbocycles. The van der Waals surface area contributed by atoms with Crippen LogP contribution in [0.4, 0.5) is 0 Å². The lowest BCUT2D eigenvalue weighted by atomic mass is 9.97. The van der Waals surface area contributed by atoms with E-state index >= 15 is 0 Å². The quantitative estimate of drug-likeness (QED) is 0.786. The van der Waals surface area contributed by atoms with E-state index in [1.54, 1.807) is 31.2 Å². The molecule has 0 aliphatic carbocycles. The number of rotatable bonds is 6. The van der Waals surface area contributed by atoms with Crippen molar-refractivity contribution in [1.82, 2.24) is 4.72 Å². The largest absolute Gasteiger partial charge is 0.384 e. The molecule has 2 aromatic rings. The first-order chi connectivity index (χ1) is 10.7. The molecule has 2 N–H and O–H groups in total. The van der Waals surface area contributed by atoms with Crippen molar-refractivity contribution in [2.45, 2.75) is 25.2 Å². The number of sulfonamides is 1. The van der Waals surface area contributed by atoms with Crippen molar-refractivity contribution >= 4 is 26.0 Å². The van der Waals surface area contributed by atoms with Crippen molar-refractivity contribution < 1.29 is 13.5 Å². The van der Waals surface area contributed by atoms with Gasteiger partial charge in [0.2, 0.25) is 10.0 Å². The third-order valence-electron chi connectivity index (χ3n) is 3.58. The molecular weight excluding hydrogens is 378 g/mol. The molecular formula is C17H20BrNO3S. The van der Waals surface area contributed by atoms with Gasteiger partial charge in [-0.1, -0.05) is 57.9 Å². The van der Waals surface area contributed by atoms with Crippen LogP contribution in [0.2, 0.25) is 0 Å². The van der Waals surface area contributed by atoms with Crippen LogP contribution in [0.15, 0.2) is 53.0 Å². The SMILES string of the molecule is Cc1ccc(CS(=O)(=O)NCC(C)(O)c2ccc(Br)cc2)cc1. The fourth-order valence-electron chi connectivity index (χ4n) is 2.12. The van der Waals surface area contributed by atoms with Gasteiger partial charge in [-0.25, -0.2) is 13.1 Å². The molecule has 0 aliphatic heterocycles. The van der Waals surface area contributed by atoms with Crippen molar-refractivity contribution in [2.75, 3.05) is 6.54 Å². The Balaban J connectivity index is 2.03. The first-order valence-electron chi connectivity index (χ1n) is 7.19. The smallest absolute Gasteiger partial charge is 0.215 e. The van der Waals surface area contributed by atoms with Gasteiger partial charge < -0.3 is 5.11 Å². The number of aryl methyl sites for hydroxylation is 1. The second kappa shape index (κ2) is 7.13. The van der Waals surface area contributed by atoms with Crippen LogP contribution in [0.25, 0.3) is 0 Å². The fourth-order valence-corrected chi connectivity index (χ4v) is 3.61. The summed E-state index contributed by atoms with van der Waals surface area (Å²) >= 11 is 3.33. The Morgan fingerprint density at radius 1 is 1.09 bits per heavy atom. The van der Waals surface area contributed by atoms with E-state index in [0.29, 0.717) is 11.1 Å². The topological polar surface area (TPSA) is 66.4 Å². The highest BCUT2D eigenvalue weighted by Gasteiger charge is 2.25. The molecule has 0 fully saturated rings. The lowest BCUT2D eigenvalue weighted by Crippen LogP contribution is -2.39. The van der Waals surface area contributed by atoms with Gasteiger partial charge in [0, 0.05) is 11.0 Å². The maximum absolute atomic E-state index is 12.2. The van der Waals surface area contributed by atoms with E-state index in [0.717, 1.165) is 10.0 Å². The highest BCUT2D eigenvalue weighted by atomic mass is 79.9. The molecule has 124 valence electrons. The molecule has 0 aliphatic rings. The van der Waals surface area contributed by atoms with Gasteiger partial charge in [-0.2, -0.15) is 0 Å². The van der Waals surface area contributed by atoms with Crippen LogP contribution in [0.3, 0.4) is 0 Å². The number of nitrogens with one attached hydrogen (secondary N) is 1. The molecule has 6 heteroatoms. The zero-order valence-corrected chi connectivity index (χ0v) is 15.5. The Bertz CT molecular complexity index is 753. The highest BCUT2D eigenvalue weighted by molar-refractivity contribution is 9.10. The fraction of sp³-hybridized carbons (Fsp3) is 0.294. The molecule has 0 heterocycles. The van der Waals surface area contributed by atoms with Gasteiger partial charge in [-0.3, -0.25) is 0 Å². The van der Waals surface area contributed by atoms with Crippen LogP contribution in [-0.4, -0.2) is 20.1 Å². The van der Waals surface area contributed by atoms with Gasteiger partial charge >= 0.3 is 0 Å². The minimum Gasteiger partial charge on any atom is -0.384 e. The van der Waals surface area contributed by atoms with E-state index in [-0.39, 0.29) is 12.3 Å². The summed E-state index contributed by atoms with van der Waals surface area (Å²) < 4.78 is 27.8. The molecule has 1 unspecified atom stereocenters. The van der Waals surface area contributed by atoms with Crippen LogP contribution in [0.1, 0.15) is 23.6 Å². The second-order valence-electron chi connectivity index (χ2n) is 5.85. The van der Waals surface area contributed by atoms with Gasteiger partial charge in [-0.05, 0) is 37.1 Å². The highest BCUT2D eigenvalue weighted by Crippen LogP contribution is 2.22. The summed E-state index contributed by atoms with van der Waals surface area (Å²) in [4.78, 5) is 0. The van der Waals surface area contributed by atoms with Crippen molar-refractivity contribution in [3.05, 3.63) is 69.7 Å². The van der Waals surface area contributed by atoms with E-state index in [1.807, 2.05) is 31.2 Å². The predicted octanol–water partition coefficient (Wildman–Crippen LogP) is 3.08. The zero-order chi connectivity index (χ0) is 17.1. The maximum Gasteiger partial charge on any atom is 0.215 e. The molecule has 2 rings (SSSR count). The van der Waals surface area contributed by atoms with Crippen LogP contribution < -0.4 is 4.72 Å². The van der Waals surface area contributed by atoms with Crippen molar-refractivity contribution in [3.8, 4) is 0 Å². The average Bonchev–Trinajstić information content (AvgIpc) is 2.48. The Morgan fingerprint density at radius 2 is 1.65 bits per heavy atom. The van der Waals surface area contributed by atoms with Crippen LogP contribution >= 0.6 is 15.9 Å². The molecule has 0 aromatic heterocycles.